The molecule has 10 heteroatoms. The van der Waals surface area contributed by atoms with Crippen molar-refractivity contribution in [2.75, 3.05) is 17.9 Å². The van der Waals surface area contributed by atoms with E-state index in [-0.39, 0.29) is 39.5 Å². The second kappa shape index (κ2) is 13.9. The molecule has 7 nitrogen and oxygen atoms in total. The number of anilines is 1. The van der Waals surface area contributed by atoms with Gasteiger partial charge in [-0.15, -0.1) is 0 Å². The number of halogens is 2. The molecule has 0 aliphatic rings. The Bertz CT molecular complexity index is 1650. The lowest BCUT2D eigenvalue weighted by Gasteiger charge is -2.34. The number of likely N-dealkylation sites (N-methyl/N-ethyl adjacent to an activating group) is 1. The van der Waals surface area contributed by atoms with Gasteiger partial charge in [0.15, 0.2) is 0 Å². The predicted octanol–water partition coefficient (Wildman–Crippen LogP) is 5.88. The van der Waals surface area contributed by atoms with Crippen LogP contribution >= 0.6 is 23.2 Å². The van der Waals surface area contributed by atoms with Gasteiger partial charge in [-0.25, -0.2) is 8.42 Å². The number of sulfonamides is 1. The molecule has 42 heavy (non-hydrogen) atoms. The third kappa shape index (κ3) is 7.31. The van der Waals surface area contributed by atoms with Crippen molar-refractivity contribution in [3.63, 3.8) is 0 Å². The minimum atomic E-state index is -4.22. The van der Waals surface area contributed by atoms with Gasteiger partial charge in [-0.2, -0.15) is 0 Å². The lowest BCUT2D eigenvalue weighted by Crippen LogP contribution is -2.53. The molecule has 1 unspecified atom stereocenters. The molecular weight excluding hydrogens is 593 g/mol. The van der Waals surface area contributed by atoms with Crippen molar-refractivity contribution in [2.45, 2.75) is 30.8 Å². The van der Waals surface area contributed by atoms with E-state index in [9.17, 15) is 18.0 Å². The first-order valence-corrected chi connectivity index (χ1v) is 15.4. The summed E-state index contributed by atoms with van der Waals surface area (Å²) >= 11 is 12.4. The van der Waals surface area contributed by atoms with Gasteiger partial charge in [0.05, 0.1) is 20.6 Å². The van der Waals surface area contributed by atoms with Gasteiger partial charge in [-0.05, 0) is 53.9 Å². The van der Waals surface area contributed by atoms with Gasteiger partial charge in [0, 0.05) is 20.0 Å². The van der Waals surface area contributed by atoms with Crippen molar-refractivity contribution >= 4 is 50.7 Å². The van der Waals surface area contributed by atoms with Crippen molar-refractivity contribution in [3.05, 3.63) is 130 Å². The molecule has 0 radical (unpaired) electrons. The van der Waals surface area contributed by atoms with E-state index in [1.54, 1.807) is 18.2 Å². The largest absolute Gasteiger partial charge is 0.357 e. The van der Waals surface area contributed by atoms with Gasteiger partial charge >= 0.3 is 0 Å². The maximum absolute atomic E-state index is 14.3. The zero-order valence-corrected chi connectivity index (χ0v) is 25.5. The lowest BCUT2D eigenvalue weighted by molar-refractivity contribution is -0.139. The van der Waals surface area contributed by atoms with E-state index in [0.717, 1.165) is 21.0 Å². The van der Waals surface area contributed by atoms with Crippen LogP contribution in [0.2, 0.25) is 10.0 Å². The van der Waals surface area contributed by atoms with Gasteiger partial charge in [-0.3, -0.25) is 13.9 Å². The molecule has 0 aliphatic carbocycles. The van der Waals surface area contributed by atoms with Crippen LogP contribution in [0, 0.1) is 6.92 Å². The number of hydrogen-bond acceptors (Lipinski definition) is 4. The summed E-state index contributed by atoms with van der Waals surface area (Å²) in [6.45, 7) is 1.44. The van der Waals surface area contributed by atoms with Crippen LogP contribution in [0.1, 0.15) is 16.7 Å². The molecule has 0 aromatic heterocycles. The topological polar surface area (TPSA) is 86.8 Å². The first-order valence-electron chi connectivity index (χ1n) is 13.2. The number of nitrogens with zero attached hydrogens (tertiary/aromatic N) is 2. The number of benzene rings is 4. The number of hydrogen-bond donors (Lipinski definition) is 1. The van der Waals surface area contributed by atoms with Crippen LogP contribution < -0.4 is 9.62 Å². The third-order valence-electron chi connectivity index (χ3n) is 6.92. The summed E-state index contributed by atoms with van der Waals surface area (Å²) in [6.07, 6.45) is 0.232. The van der Waals surface area contributed by atoms with Crippen molar-refractivity contribution in [1.82, 2.24) is 10.2 Å². The molecule has 0 spiro atoms. The number of carbonyl (C=O) groups is 2. The molecule has 0 heterocycles. The Labute approximate surface area is 256 Å². The Morgan fingerprint density at radius 2 is 1.45 bits per heavy atom. The van der Waals surface area contributed by atoms with Crippen LogP contribution in [-0.2, 0) is 32.6 Å². The van der Waals surface area contributed by atoms with Crippen LogP contribution in [0.5, 0.6) is 0 Å². The fourth-order valence-corrected chi connectivity index (χ4v) is 6.30. The third-order valence-corrected chi connectivity index (χ3v) is 9.45. The van der Waals surface area contributed by atoms with E-state index in [1.165, 1.54) is 42.3 Å². The van der Waals surface area contributed by atoms with Crippen molar-refractivity contribution in [3.8, 4) is 0 Å². The Kier molecular flexibility index (Phi) is 10.3. The average molecular weight is 625 g/mol. The fourth-order valence-electron chi connectivity index (χ4n) is 4.58. The molecule has 1 N–H and O–H groups in total. The average Bonchev–Trinajstić information content (AvgIpc) is 3.00. The Morgan fingerprint density at radius 3 is 2.07 bits per heavy atom. The summed E-state index contributed by atoms with van der Waals surface area (Å²) < 4.78 is 28.9. The summed E-state index contributed by atoms with van der Waals surface area (Å²) in [5, 5.41) is 3.06. The molecule has 0 bridgehead atoms. The number of rotatable bonds is 11. The standard InChI is InChI=1S/C32H31Cl2N3O4S/c1-23-11-9-10-14-25(23)21-36(30(32(39)35-2)19-24-12-5-3-6-13-24)31(38)22-37(26-17-18-28(33)29(34)20-26)42(40,41)27-15-7-4-8-16-27/h3-18,20,30H,19,21-22H2,1-2H3,(H,35,39). The highest BCUT2D eigenvalue weighted by atomic mass is 35.5. The molecule has 2 amide bonds. The molecule has 0 fully saturated rings. The number of aryl methyl sites for hydroxylation is 1. The lowest BCUT2D eigenvalue weighted by atomic mass is 10.0. The molecule has 4 aromatic carbocycles. The van der Waals surface area contributed by atoms with Crippen molar-refractivity contribution in [1.29, 1.82) is 0 Å². The molecule has 4 aromatic rings. The Hall–Kier alpha value is -3.85. The van der Waals surface area contributed by atoms with Crippen LogP contribution in [0.3, 0.4) is 0 Å². The maximum atomic E-state index is 14.3. The fraction of sp³-hybridized carbons (Fsp3) is 0.188. The van der Waals surface area contributed by atoms with E-state index in [1.807, 2.05) is 61.5 Å². The number of nitrogens with one attached hydrogen (secondary N) is 1. The summed E-state index contributed by atoms with van der Waals surface area (Å²) in [4.78, 5) is 29.1. The number of carbonyl (C=O) groups excluding carboxylic acids is 2. The van der Waals surface area contributed by atoms with Crippen LogP contribution in [0.15, 0.2) is 108 Å². The van der Waals surface area contributed by atoms with Crippen molar-refractivity contribution < 1.29 is 18.0 Å². The zero-order chi connectivity index (χ0) is 30.3. The van der Waals surface area contributed by atoms with E-state index in [2.05, 4.69) is 5.32 Å². The molecule has 4 rings (SSSR count). The number of amides is 2. The van der Waals surface area contributed by atoms with E-state index < -0.39 is 28.5 Å². The van der Waals surface area contributed by atoms with Gasteiger partial charge in [0.1, 0.15) is 12.6 Å². The smallest absolute Gasteiger partial charge is 0.264 e. The van der Waals surface area contributed by atoms with E-state index in [4.69, 9.17) is 23.2 Å². The van der Waals surface area contributed by atoms with Crippen molar-refractivity contribution in [2.24, 2.45) is 0 Å². The molecule has 0 aliphatic heterocycles. The molecule has 1 atom stereocenters. The van der Waals surface area contributed by atoms with Gasteiger partial charge < -0.3 is 10.2 Å². The van der Waals surface area contributed by atoms with Gasteiger partial charge in [0.2, 0.25) is 11.8 Å². The van der Waals surface area contributed by atoms with Gasteiger partial charge in [-0.1, -0.05) is 96.0 Å². The Morgan fingerprint density at radius 1 is 0.833 bits per heavy atom. The summed E-state index contributed by atoms with van der Waals surface area (Å²) in [6, 6.07) is 28.2. The van der Waals surface area contributed by atoms with Crippen LogP contribution in [0.25, 0.3) is 0 Å². The summed E-state index contributed by atoms with van der Waals surface area (Å²) in [7, 11) is -2.71. The highest BCUT2D eigenvalue weighted by molar-refractivity contribution is 7.92. The summed E-state index contributed by atoms with van der Waals surface area (Å²) in [5.41, 5.74) is 2.78. The first-order chi connectivity index (χ1) is 20.1. The van der Waals surface area contributed by atoms with E-state index >= 15 is 0 Å². The van der Waals surface area contributed by atoms with Gasteiger partial charge in [0.25, 0.3) is 10.0 Å². The van der Waals surface area contributed by atoms with E-state index in [0.29, 0.717) is 0 Å². The molecule has 0 saturated carbocycles. The Balaban J connectivity index is 1.81. The monoisotopic (exact) mass is 623 g/mol. The highest BCUT2D eigenvalue weighted by Crippen LogP contribution is 2.31. The zero-order valence-electron chi connectivity index (χ0n) is 23.2. The maximum Gasteiger partial charge on any atom is 0.264 e. The first kappa shape index (κ1) is 31.1. The normalized spacial score (nSPS) is 11.9. The SMILES string of the molecule is CNC(=O)C(Cc1ccccc1)N(Cc1ccccc1C)C(=O)CN(c1ccc(Cl)c(Cl)c1)S(=O)(=O)c1ccccc1. The predicted molar refractivity (Wildman–Crippen MR) is 167 cm³/mol. The molecular formula is C32H31Cl2N3O4S. The summed E-state index contributed by atoms with van der Waals surface area (Å²) in [5.74, 6) is -0.929. The molecule has 218 valence electrons. The minimum Gasteiger partial charge on any atom is -0.357 e. The molecule has 0 saturated heterocycles. The minimum absolute atomic E-state index is 0.00135. The quantitative estimate of drug-likeness (QED) is 0.226. The second-order valence-corrected chi connectivity index (χ2v) is 12.4. The van der Waals surface area contributed by atoms with Crippen LogP contribution in [-0.4, -0.2) is 44.8 Å². The second-order valence-electron chi connectivity index (χ2n) is 9.69. The highest BCUT2D eigenvalue weighted by Gasteiger charge is 2.34. The van der Waals surface area contributed by atoms with Crippen LogP contribution in [0.4, 0.5) is 5.69 Å².